The van der Waals surface area contributed by atoms with Crippen LogP contribution in [-0.2, 0) is 6.54 Å². The molecule has 0 aliphatic heterocycles. The van der Waals surface area contributed by atoms with Gasteiger partial charge < -0.3 is 0 Å². The number of rotatable bonds is 4. The highest BCUT2D eigenvalue weighted by Gasteiger charge is 2.21. The molecule has 0 aliphatic rings. The first-order valence-electron chi connectivity index (χ1n) is 5.27. The third-order valence-corrected chi connectivity index (χ3v) is 3.56. The molecule has 0 N–H and O–H groups in total. The monoisotopic (exact) mass is 270 g/mol. The summed E-state index contributed by atoms with van der Waals surface area (Å²) in [6, 6.07) is 4.10. The Morgan fingerprint density at radius 2 is 2.07 bits per heavy atom. The van der Waals surface area contributed by atoms with Crippen LogP contribution in [0.3, 0.4) is 0 Å². The summed E-state index contributed by atoms with van der Waals surface area (Å²) in [4.78, 5) is 6.71. The summed E-state index contributed by atoms with van der Waals surface area (Å²) in [6.45, 7) is 7.62. The van der Waals surface area contributed by atoms with E-state index in [1.54, 1.807) is 0 Å². The van der Waals surface area contributed by atoms with Crippen LogP contribution in [0.5, 0.6) is 0 Å². The molecule has 84 valence electrons. The van der Waals surface area contributed by atoms with Crippen LogP contribution in [0.4, 0.5) is 0 Å². The van der Waals surface area contributed by atoms with E-state index in [1.165, 1.54) is 0 Å². The van der Waals surface area contributed by atoms with Gasteiger partial charge in [-0.2, -0.15) is 0 Å². The zero-order valence-corrected chi connectivity index (χ0v) is 11.5. The second-order valence-corrected chi connectivity index (χ2v) is 5.41. The largest absolute Gasteiger partial charge is 0.295 e. The second-order valence-electron chi connectivity index (χ2n) is 4.49. The number of hydrogen-bond donors (Lipinski definition) is 0. The molecule has 3 heteroatoms. The van der Waals surface area contributed by atoms with E-state index in [-0.39, 0.29) is 5.54 Å². The van der Waals surface area contributed by atoms with E-state index >= 15 is 0 Å². The van der Waals surface area contributed by atoms with E-state index in [0.717, 1.165) is 23.1 Å². The van der Waals surface area contributed by atoms with Crippen LogP contribution in [-0.4, -0.2) is 22.5 Å². The molecule has 1 rings (SSSR count). The van der Waals surface area contributed by atoms with Crippen molar-refractivity contribution in [2.45, 2.75) is 39.3 Å². The van der Waals surface area contributed by atoms with Crippen LogP contribution in [0.25, 0.3) is 0 Å². The Balaban J connectivity index is 2.66. The molecular formula is C12H19BrN2. The van der Waals surface area contributed by atoms with Crippen molar-refractivity contribution in [1.82, 2.24) is 9.88 Å². The molecule has 0 unspecified atom stereocenters. The zero-order chi connectivity index (χ0) is 11.5. The lowest BCUT2D eigenvalue weighted by Crippen LogP contribution is -2.39. The SMILES string of the molecule is CCC(C)(C)N(C)Cc1ccc(Br)cn1. The number of hydrogen-bond acceptors (Lipinski definition) is 2. The van der Waals surface area contributed by atoms with Crippen molar-refractivity contribution in [3.63, 3.8) is 0 Å². The van der Waals surface area contributed by atoms with E-state index in [9.17, 15) is 0 Å². The fraction of sp³-hybridized carbons (Fsp3) is 0.583. The first-order chi connectivity index (χ1) is 6.95. The lowest BCUT2D eigenvalue weighted by Gasteiger charge is -2.34. The normalized spacial score (nSPS) is 12.1. The maximum absolute atomic E-state index is 4.38. The van der Waals surface area contributed by atoms with E-state index in [2.05, 4.69) is 59.7 Å². The van der Waals surface area contributed by atoms with Crippen LogP contribution in [0.15, 0.2) is 22.8 Å². The topological polar surface area (TPSA) is 16.1 Å². The van der Waals surface area contributed by atoms with Crippen LogP contribution in [0.2, 0.25) is 0 Å². The van der Waals surface area contributed by atoms with Crippen LogP contribution in [0, 0.1) is 0 Å². The molecule has 1 aromatic rings. The highest BCUT2D eigenvalue weighted by atomic mass is 79.9. The molecule has 1 heterocycles. The average molecular weight is 271 g/mol. The molecule has 0 bridgehead atoms. The smallest absolute Gasteiger partial charge is 0.0544 e. The van der Waals surface area contributed by atoms with Gasteiger partial charge in [-0.3, -0.25) is 9.88 Å². The van der Waals surface area contributed by atoms with Gasteiger partial charge in [0.15, 0.2) is 0 Å². The van der Waals surface area contributed by atoms with Gasteiger partial charge in [0.25, 0.3) is 0 Å². The van der Waals surface area contributed by atoms with Gasteiger partial charge in [0.05, 0.1) is 5.69 Å². The summed E-state index contributed by atoms with van der Waals surface area (Å²) >= 11 is 3.39. The fourth-order valence-corrected chi connectivity index (χ4v) is 1.46. The van der Waals surface area contributed by atoms with Crippen molar-refractivity contribution in [2.75, 3.05) is 7.05 Å². The molecule has 2 nitrogen and oxygen atoms in total. The van der Waals surface area contributed by atoms with Gasteiger partial charge in [-0.25, -0.2) is 0 Å². The summed E-state index contributed by atoms with van der Waals surface area (Å²) in [5, 5.41) is 0. The van der Waals surface area contributed by atoms with E-state index < -0.39 is 0 Å². The first-order valence-corrected chi connectivity index (χ1v) is 6.06. The highest BCUT2D eigenvalue weighted by molar-refractivity contribution is 9.10. The fourth-order valence-electron chi connectivity index (χ4n) is 1.23. The van der Waals surface area contributed by atoms with E-state index in [4.69, 9.17) is 0 Å². The van der Waals surface area contributed by atoms with Gasteiger partial charge >= 0.3 is 0 Å². The second kappa shape index (κ2) is 5.08. The van der Waals surface area contributed by atoms with Gasteiger partial charge in [0, 0.05) is 22.8 Å². The maximum atomic E-state index is 4.38. The quantitative estimate of drug-likeness (QED) is 0.833. The number of aromatic nitrogens is 1. The van der Waals surface area contributed by atoms with E-state index in [1.807, 2.05) is 12.3 Å². The predicted octanol–water partition coefficient (Wildman–Crippen LogP) is 3.46. The standard InChI is InChI=1S/C12H19BrN2/c1-5-12(2,3)15(4)9-11-7-6-10(13)8-14-11/h6-8H,5,9H2,1-4H3. The molecule has 0 atom stereocenters. The van der Waals surface area contributed by atoms with Crippen LogP contribution in [0.1, 0.15) is 32.9 Å². The van der Waals surface area contributed by atoms with Crippen molar-refractivity contribution in [3.8, 4) is 0 Å². The Labute approximate surface area is 101 Å². The molecule has 0 fully saturated rings. The van der Waals surface area contributed by atoms with Gasteiger partial charge in [0.1, 0.15) is 0 Å². The Hall–Kier alpha value is -0.410. The molecule has 0 saturated heterocycles. The third kappa shape index (κ3) is 3.58. The molecule has 0 saturated carbocycles. The maximum Gasteiger partial charge on any atom is 0.0544 e. The lowest BCUT2D eigenvalue weighted by molar-refractivity contribution is 0.141. The van der Waals surface area contributed by atoms with Crippen LogP contribution >= 0.6 is 15.9 Å². The Morgan fingerprint density at radius 3 is 2.53 bits per heavy atom. The molecule has 0 aliphatic carbocycles. The molecule has 15 heavy (non-hydrogen) atoms. The molecule has 0 aromatic carbocycles. The Morgan fingerprint density at radius 1 is 1.40 bits per heavy atom. The minimum absolute atomic E-state index is 0.231. The van der Waals surface area contributed by atoms with Gasteiger partial charge in [-0.05, 0) is 55.4 Å². The summed E-state index contributed by atoms with van der Waals surface area (Å²) < 4.78 is 1.03. The summed E-state index contributed by atoms with van der Waals surface area (Å²) in [5.74, 6) is 0. The molecular weight excluding hydrogens is 252 g/mol. The molecule has 0 spiro atoms. The van der Waals surface area contributed by atoms with Gasteiger partial charge in [-0.15, -0.1) is 0 Å². The molecule has 0 radical (unpaired) electrons. The average Bonchev–Trinajstić information content (AvgIpc) is 2.21. The van der Waals surface area contributed by atoms with Crippen molar-refractivity contribution in [1.29, 1.82) is 0 Å². The summed E-state index contributed by atoms with van der Waals surface area (Å²) in [5.41, 5.74) is 1.34. The highest BCUT2D eigenvalue weighted by Crippen LogP contribution is 2.18. The minimum atomic E-state index is 0.231. The van der Waals surface area contributed by atoms with E-state index in [0.29, 0.717) is 0 Å². The Kier molecular flexibility index (Phi) is 4.29. The number of pyridine rings is 1. The van der Waals surface area contributed by atoms with Crippen LogP contribution < -0.4 is 0 Å². The van der Waals surface area contributed by atoms with Gasteiger partial charge in [-0.1, -0.05) is 6.92 Å². The lowest BCUT2D eigenvalue weighted by atomic mass is 10.00. The molecule has 0 amide bonds. The number of halogens is 1. The van der Waals surface area contributed by atoms with Gasteiger partial charge in [0.2, 0.25) is 0 Å². The third-order valence-electron chi connectivity index (χ3n) is 3.09. The number of nitrogens with zero attached hydrogens (tertiary/aromatic N) is 2. The predicted molar refractivity (Wildman–Crippen MR) is 67.8 cm³/mol. The van der Waals surface area contributed by atoms with Crippen molar-refractivity contribution < 1.29 is 0 Å². The van der Waals surface area contributed by atoms with Crippen molar-refractivity contribution in [3.05, 3.63) is 28.5 Å². The minimum Gasteiger partial charge on any atom is -0.295 e. The first kappa shape index (κ1) is 12.7. The summed E-state index contributed by atoms with van der Waals surface area (Å²) in [6.07, 6.45) is 2.99. The van der Waals surface area contributed by atoms with Crippen molar-refractivity contribution in [2.24, 2.45) is 0 Å². The zero-order valence-electron chi connectivity index (χ0n) is 9.92. The Bertz CT molecular complexity index is 306. The molecule has 1 aromatic heterocycles. The summed E-state index contributed by atoms with van der Waals surface area (Å²) in [7, 11) is 2.15. The van der Waals surface area contributed by atoms with Crippen molar-refractivity contribution >= 4 is 15.9 Å².